The minimum absolute atomic E-state index is 0.318. The maximum Gasteiger partial charge on any atom is 0.161 e. The summed E-state index contributed by atoms with van der Waals surface area (Å²) >= 11 is 3.79. The van der Waals surface area contributed by atoms with Crippen LogP contribution in [0.2, 0.25) is 0 Å². The van der Waals surface area contributed by atoms with Gasteiger partial charge in [-0.15, -0.1) is 0 Å². The molecule has 1 aromatic carbocycles. The molecule has 0 bridgehead atoms. The molecule has 0 saturated carbocycles. The zero-order valence-corrected chi connectivity index (χ0v) is 12.0. The van der Waals surface area contributed by atoms with Crippen molar-refractivity contribution in [3.05, 3.63) is 23.8 Å². The van der Waals surface area contributed by atoms with Gasteiger partial charge in [0.2, 0.25) is 0 Å². The van der Waals surface area contributed by atoms with Crippen LogP contribution in [0.15, 0.2) is 18.2 Å². The van der Waals surface area contributed by atoms with Crippen LogP contribution in [0.3, 0.4) is 0 Å². The monoisotopic (exact) mass is 312 g/mol. The minimum Gasteiger partial charge on any atom is -0.486 e. The van der Waals surface area contributed by atoms with Crippen LogP contribution in [0.25, 0.3) is 0 Å². The predicted molar refractivity (Wildman–Crippen MR) is 72.6 cm³/mol. The third kappa shape index (κ3) is 2.36. The maximum atomic E-state index is 5.63. The smallest absolute Gasteiger partial charge is 0.161 e. The SMILES string of the molecule is CC1CC(C(Br)c2ccc3c(c2)OCCO3)CO1. The number of alkyl halides is 1. The standard InChI is InChI=1S/C14H17BrO3/c1-9-6-11(8-18-9)14(15)10-2-3-12-13(7-10)17-5-4-16-12/h2-3,7,9,11,14H,4-6,8H2,1H3. The molecule has 1 aromatic rings. The number of halogens is 1. The molecule has 0 aliphatic carbocycles. The van der Waals surface area contributed by atoms with Crippen molar-refractivity contribution >= 4 is 15.9 Å². The van der Waals surface area contributed by atoms with Crippen LogP contribution < -0.4 is 9.47 Å². The summed E-state index contributed by atoms with van der Waals surface area (Å²) in [6.45, 7) is 4.22. The van der Waals surface area contributed by atoms with Gasteiger partial charge in [0.15, 0.2) is 11.5 Å². The highest BCUT2D eigenvalue weighted by Crippen LogP contribution is 2.41. The number of ether oxygens (including phenoxy) is 3. The molecule has 0 N–H and O–H groups in total. The summed E-state index contributed by atoms with van der Waals surface area (Å²) in [5.74, 6) is 2.23. The lowest BCUT2D eigenvalue weighted by Gasteiger charge is -2.21. The van der Waals surface area contributed by atoms with Gasteiger partial charge in [-0.3, -0.25) is 0 Å². The molecule has 0 spiro atoms. The first kappa shape index (κ1) is 12.3. The van der Waals surface area contributed by atoms with Crippen LogP contribution >= 0.6 is 15.9 Å². The number of hydrogen-bond donors (Lipinski definition) is 0. The maximum absolute atomic E-state index is 5.63. The molecule has 3 unspecified atom stereocenters. The van der Waals surface area contributed by atoms with E-state index in [0.29, 0.717) is 30.1 Å². The Labute approximate surface area is 116 Å². The van der Waals surface area contributed by atoms with E-state index >= 15 is 0 Å². The van der Waals surface area contributed by atoms with E-state index < -0.39 is 0 Å². The second-order valence-corrected chi connectivity index (χ2v) is 5.93. The second kappa shape index (κ2) is 5.10. The van der Waals surface area contributed by atoms with Crippen LogP contribution in [0.5, 0.6) is 11.5 Å². The van der Waals surface area contributed by atoms with E-state index in [1.165, 1.54) is 5.56 Å². The molecular formula is C14H17BrO3. The fourth-order valence-electron chi connectivity index (χ4n) is 2.56. The molecule has 0 radical (unpaired) electrons. The van der Waals surface area contributed by atoms with E-state index in [1.807, 2.05) is 6.07 Å². The minimum atomic E-state index is 0.318. The van der Waals surface area contributed by atoms with Gasteiger partial charge in [0.25, 0.3) is 0 Å². The highest BCUT2D eigenvalue weighted by molar-refractivity contribution is 9.09. The lowest BCUT2D eigenvalue weighted by molar-refractivity contribution is 0.120. The van der Waals surface area contributed by atoms with Crippen LogP contribution in [0.1, 0.15) is 23.7 Å². The second-order valence-electron chi connectivity index (χ2n) is 4.94. The zero-order valence-electron chi connectivity index (χ0n) is 10.4. The molecule has 1 saturated heterocycles. The van der Waals surface area contributed by atoms with Crippen LogP contribution in [0.4, 0.5) is 0 Å². The fraction of sp³-hybridized carbons (Fsp3) is 0.571. The lowest BCUT2D eigenvalue weighted by atomic mass is 9.96. The molecule has 98 valence electrons. The van der Waals surface area contributed by atoms with Crippen molar-refractivity contribution in [1.82, 2.24) is 0 Å². The zero-order chi connectivity index (χ0) is 12.5. The van der Waals surface area contributed by atoms with Crippen molar-refractivity contribution in [2.75, 3.05) is 19.8 Å². The topological polar surface area (TPSA) is 27.7 Å². The Morgan fingerprint density at radius 3 is 2.72 bits per heavy atom. The summed E-state index contributed by atoms with van der Waals surface area (Å²) < 4.78 is 16.8. The summed E-state index contributed by atoms with van der Waals surface area (Å²) in [6.07, 6.45) is 1.47. The molecule has 2 heterocycles. The molecule has 3 atom stereocenters. The van der Waals surface area contributed by atoms with Crippen molar-refractivity contribution in [2.24, 2.45) is 5.92 Å². The van der Waals surface area contributed by atoms with Crippen molar-refractivity contribution in [2.45, 2.75) is 24.3 Å². The molecule has 3 nitrogen and oxygen atoms in total. The highest BCUT2D eigenvalue weighted by Gasteiger charge is 2.29. The third-order valence-corrected chi connectivity index (χ3v) is 4.80. The summed E-state index contributed by atoms with van der Waals surface area (Å²) in [5, 5.41) is 0. The Kier molecular flexibility index (Phi) is 3.48. The van der Waals surface area contributed by atoms with Gasteiger partial charge >= 0.3 is 0 Å². The van der Waals surface area contributed by atoms with Gasteiger partial charge in [-0.05, 0) is 31.0 Å². The average molecular weight is 313 g/mol. The summed E-state index contributed by atoms with van der Waals surface area (Å²) in [4.78, 5) is 0.318. The van der Waals surface area contributed by atoms with Crippen molar-refractivity contribution < 1.29 is 14.2 Å². The van der Waals surface area contributed by atoms with E-state index in [1.54, 1.807) is 0 Å². The molecule has 2 aliphatic heterocycles. The quantitative estimate of drug-likeness (QED) is 0.784. The Balaban J connectivity index is 1.79. The molecule has 1 fully saturated rings. The van der Waals surface area contributed by atoms with E-state index in [4.69, 9.17) is 14.2 Å². The Hall–Kier alpha value is -0.740. The van der Waals surface area contributed by atoms with Crippen molar-refractivity contribution in [3.63, 3.8) is 0 Å². The average Bonchev–Trinajstić information content (AvgIpc) is 2.84. The molecule has 4 heteroatoms. The van der Waals surface area contributed by atoms with Gasteiger partial charge in [-0.1, -0.05) is 22.0 Å². The van der Waals surface area contributed by atoms with Crippen LogP contribution in [-0.4, -0.2) is 25.9 Å². The first-order chi connectivity index (χ1) is 8.74. The summed E-state index contributed by atoms with van der Waals surface area (Å²) in [6, 6.07) is 6.18. The normalized spacial score (nSPS) is 28.1. The van der Waals surface area contributed by atoms with E-state index in [0.717, 1.165) is 24.5 Å². The first-order valence-electron chi connectivity index (χ1n) is 6.39. The van der Waals surface area contributed by atoms with Crippen LogP contribution in [0, 0.1) is 5.92 Å². The summed E-state index contributed by atoms with van der Waals surface area (Å²) in [5.41, 5.74) is 1.24. The van der Waals surface area contributed by atoms with E-state index in [-0.39, 0.29) is 0 Å². The first-order valence-corrected chi connectivity index (χ1v) is 7.31. The molecule has 0 aromatic heterocycles. The number of hydrogen-bond acceptors (Lipinski definition) is 3. The van der Waals surface area contributed by atoms with Gasteiger partial charge in [0.1, 0.15) is 13.2 Å². The number of rotatable bonds is 2. The lowest BCUT2D eigenvalue weighted by Crippen LogP contribution is -2.16. The van der Waals surface area contributed by atoms with Gasteiger partial charge in [-0.25, -0.2) is 0 Å². The largest absolute Gasteiger partial charge is 0.486 e. The number of benzene rings is 1. The van der Waals surface area contributed by atoms with Crippen molar-refractivity contribution in [1.29, 1.82) is 0 Å². The fourth-order valence-corrected chi connectivity index (χ4v) is 3.21. The molecule has 3 rings (SSSR count). The number of fused-ring (bicyclic) bond motifs is 1. The molecule has 18 heavy (non-hydrogen) atoms. The van der Waals surface area contributed by atoms with Gasteiger partial charge in [0, 0.05) is 10.7 Å². The van der Waals surface area contributed by atoms with Gasteiger partial charge < -0.3 is 14.2 Å². The third-order valence-electron chi connectivity index (χ3n) is 3.53. The highest BCUT2D eigenvalue weighted by atomic mass is 79.9. The molecule has 2 aliphatic rings. The Morgan fingerprint density at radius 2 is 2.00 bits per heavy atom. The Morgan fingerprint density at radius 1 is 1.22 bits per heavy atom. The Bertz CT molecular complexity index is 435. The summed E-state index contributed by atoms with van der Waals surface area (Å²) in [7, 11) is 0. The predicted octanol–water partition coefficient (Wildman–Crippen LogP) is 3.32. The van der Waals surface area contributed by atoms with Gasteiger partial charge in [0.05, 0.1) is 12.7 Å². The van der Waals surface area contributed by atoms with Gasteiger partial charge in [-0.2, -0.15) is 0 Å². The van der Waals surface area contributed by atoms with Crippen LogP contribution in [-0.2, 0) is 4.74 Å². The molecular weight excluding hydrogens is 296 g/mol. The molecule has 0 amide bonds. The van der Waals surface area contributed by atoms with E-state index in [9.17, 15) is 0 Å². The van der Waals surface area contributed by atoms with Crippen molar-refractivity contribution in [3.8, 4) is 11.5 Å². The van der Waals surface area contributed by atoms with E-state index in [2.05, 4.69) is 35.0 Å².